The van der Waals surface area contributed by atoms with Gasteiger partial charge >= 0.3 is 0 Å². The minimum atomic E-state index is -0.0398. The molecule has 1 saturated carbocycles. The molecule has 0 saturated heterocycles. The van der Waals surface area contributed by atoms with Gasteiger partial charge in [-0.15, -0.1) is 0 Å². The van der Waals surface area contributed by atoms with Crippen molar-refractivity contribution in [1.29, 1.82) is 0 Å². The van der Waals surface area contributed by atoms with E-state index >= 15 is 0 Å². The van der Waals surface area contributed by atoms with E-state index < -0.39 is 0 Å². The Kier molecular flexibility index (Phi) is 6.43. The number of thioether (sulfide) groups is 1. The summed E-state index contributed by atoms with van der Waals surface area (Å²) in [5.41, 5.74) is 2.27. The van der Waals surface area contributed by atoms with E-state index in [9.17, 15) is 4.79 Å². The number of nitrogens with one attached hydrogen (secondary N) is 1. The summed E-state index contributed by atoms with van der Waals surface area (Å²) >= 11 is 1.99. The van der Waals surface area contributed by atoms with Crippen LogP contribution in [0.2, 0.25) is 0 Å². The van der Waals surface area contributed by atoms with E-state index in [4.69, 9.17) is 4.74 Å². The SMILES string of the molecule is Cc1ccc(OCC(=O)NCCSC2CCCC2)c(C)c1. The molecule has 0 aliphatic heterocycles. The lowest BCUT2D eigenvalue weighted by Gasteiger charge is -2.11. The topological polar surface area (TPSA) is 38.3 Å². The molecule has 0 spiro atoms. The van der Waals surface area contributed by atoms with Crippen LogP contribution in [0.5, 0.6) is 5.75 Å². The third kappa shape index (κ3) is 5.62. The van der Waals surface area contributed by atoms with E-state index in [0.29, 0.717) is 0 Å². The summed E-state index contributed by atoms with van der Waals surface area (Å²) in [7, 11) is 0. The molecule has 4 heteroatoms. The average Bonchev–Trinajstić information content (AvgIpc) is 2.96. The first-order chi connectivity index (χ1) is 10.1. The first kappa shape index (κ1) is 16.2. The third-order valence-corrected chi connectivity index (χ3v) is 5.15. The molecule has 1 aromatic rings. The summed E-state index contributed by atoms with van der Waals surface area (Å²) in [6.45, 7) is 4.87. The first-order valence-electron chi connectivity index (χ1n) is 7.73. The number of aryl methyl sites for hydroxylation is 2. The van der Waals surface area contributed by atoms with E-state index in [1.807, 2.05) is 37.7 Å². The van der Waals surface area contributed by atoms with Crippen LogP contribution in [0.25, 0.3) is 0 Å². The molecule has 1 amide bonds. The summed E-state index contributed by atoms with van der Waals surface area (Å²) in [4.78, 5) is 11.7. The molecule has 0 aromatic heterocycles. The Morgan fingerprint density at radius 3 is 2.81 bits per heavy atom. The molecule has 1 aliphatic carbocycles. The van der Waals surface area contributed by atoms with Gasteiger partial charge in [-0.25, -0.2) is 0 Å². The lowest BCUT2D eigenvalue weighted by Crippen LogP contribution is -2.31. The normalized spacial score (nSPS) is 15.1. The van der Waals surface area contributed by atoms with E-state index in [1.165, 1.54) is 31.2 Å². The molecular weight excluding hydrogens is 282 g/mol. The Labute approximate surface area is 131 Å². The second-order valence-corrected chi connectivity index (χ2v) is 7.09. The van der Waals surface area contributed by atoms with Crippen LogP contribution < -0.4 is 10.1 Å². The van der Waals surface area contributed by atoms with Crippen molar-refractivity contribution in [3.63, 3.8) is 0 Å². The number of ether oxygens (including phenoxy) is 1. The zero-order valence-corrected chi connectivity index (χ0v) is 13.8. The van der Waals surface area contributed by atoms with Crippen molar-refractivity contribution in [1.82, 2.24) is 5.32 Å². The maximum absolute atomic E-state index is 11.7. The van der Waals surface area contributed by atoms with Gasteiger partial charge in [-0.2, -0.15) is 11.8 Å². The molecule has 116 valence electrons. The number of amides is 1. The highest BCUT2D eigenvalue weighted by Crippen LogP contribution is 2.28. The number of hydrogen-bond acceptors (Lipinski definition) is 3. The van der Waals surface area contributed by atoms with Crippen LogP contribution in [-0.4, -0.2) is 30.1 Å². The first-order valence-corrected chi connectivity index (χ1v) is 8.78. The molecule has 3 nitrogen and oxygen atoms in total. The predicted octanol–water partition coefficient (Wildman–Crippen LogP) is 3.47. The second-order valence-electron chi connectivity index (χ2n) is 5.68. The van der Waals surface area contributed by atoms with Crippen molar-refractivity contribution >= 4 is 17.7 Å². The molecule has 1 fully saturated rings. The molecule has 0 unspecified atom stereocenters. The van der Waals surface area contributed by atoms with E-state index in [2.05, 4.69) is 11.4 Å². The quantitative estimate of drug-likeness (QED) is 0.784. The fraction of sp³-hybridized carbons (Fsp3) is 0.588. The highest BCUT2D eigenvalue weighted by atomic mass is 32.2. The average molecular weight is 307 g/mol. The van der Waals surface area contributed by atoms with E-state index in [-0.39, 0.29) is 12.5 Å². The van der Waals surface area contributed by atoms with Crippen molar-refractivity contribution in [3.05, 3.63) is 29.3 Å². The largest absolute Gasteiger partial charge is 0.484 e. The molecular formula is C17H25NO2S. The molecule has 1 N–H and O–H groups in total. The summed E-state index contributed by atoms with van der Waals surface area (Å²) in [5.74, 6) is 1.75. The van der Waals surface area contributed by atoms with Gasteiger partial charge in [0.25, 0.3) is 5.91 Å². The van der Waals surface area contributed by atoms with Gasteiger partial charge in [0.2, 0.25) is 0 Å². The molecule has 1 aliphatic rings. The zero-order valence-electron chi connectivity index (χ0n) is 13.0. The second kappa shape index (κ2) is 8.32. The van der Waals surface area contributed by atoms with Gasteiger partial charge in [0.15, 0.2) is 6.61 Å². The summed E-state index contributed by atoms with van der Waals surface area (Å²) < 4.78 is 5.57. The Bertz CT molecular complexity index is 470. The zero-order chi connectivity index (χ0) is 15.1. The fourth-order valence-corrected chi connectivity index (χ4v) is 3.85. The minimum absolute atomic E-state index is 0.0398. The summed E-state index contributed by atoms with van der Waals surface area (Å²) in [6, 6.07) is 5.98. The van der Waals surface area contributed by atoms with Crippen LogP contribution in [0.15, 0.2) is 18.2 Å². The molecule has 0 heterocycles. The van der Waals surface area contributed by atoms with Crippen LogP contribution >= 0.6 is 11.8 Å². The lowest BCUT2D eigenvalue weighted by atomic mass is 10.1. The number of hydrogen-bond donors (Lipinski definition) is 1. The van der Waals surface area contributed by atoms with Crippen LogP contribution in [0, 0.1) is 13.8 Å². The predicted molar refractivity (Wildman–Crippen MR) is 89.1 cm³/mol. The van der Waals surface area contributed by atoms with Gasteiger partial charge in [-0.1, -0.05) is 30.5 Å². The molecule has 0 atom stereocenters. The van der Waals surface area contributed by atoms with Gasteiger partial charge in [-0.05, 0) is 38.3 Å². The molecule has 0 radical (unpaired) electrons. The van der Waals surface area contributed by atoms with Crippen molar-refractivity contribution in [2.24, 2.45) is 0 Å². The number of rotatable bonds is 7. The lowest BCUT2D eigenvalue weighted by molar-refractivity contribution is -0.122. The Morgan fingerprint density at radius 2 is 2.10 bits per heavy atom. The molecule has 2 rings (SSSR count). The van der Waals surface area contributed by atoms with E-state index in [1.54, 1.807) is 0 Å². The maximum Gasteiger partial charge on any atom is 0.257 e. The smallest absolute Gasteiger partial charge is 0.257 e. The van der Waals surface area contributed by atoms with Crippen molar-refractivity contribution < 1.29 is 9.53 Å². The van der Waals surface area contributed by atoms with Crippen LogP contribution in [0.4, 0.5) is 0 Å². The van der Waals surface area contributed by atoms with Crippen LogP contribution in [0.1, 0.15) is 36.8 Å². The molecule has 1 aromatic carbocycles. The van der Waals surface area contributed by atoms with Gasteiger partial charge in [0, 0.05) is 17.5 Å². The van der Waals surface area contributed by atoms with Gasteiger partial charge in [-0.3, -0.25) is 4.79 Å². The van der Waals surface area contributed by atoms with Crippen molar-refractivity contribution in [3.8, 4) is 5.75 Å². The van der Waals surface area contributed by atoms with Crippen LogP contribution in [0.3, 0.4) is 0 Å². The highest BCUT2D eigenvalue weighted by Gasteiger charge is 2.14. The number of carbonyl (C=O) groups excluding carboxylic acids is 1. The Hall–Kier alpha value is -1.16. The molecule has 21 heavy (non-hydrogen) atoms. The minimum Gasteiger partial charge on any atom is -0.484 e. The summed E-state index contributed by atoms with van der Waals surface area (Å²) in [6.07, 6.45) is 5.42. The highest BCUT2D eigenvalue weighted by molar-refractivity contribution is 7.99. The monoisotopic (exact) mass is 307 g/mol. The number of benzene rings is 1. The Morgan fingerprint density at radius 1 is 1.33 bits per heavy atom. The standard InChI is InChI=1S/C17H25NO2S/c1-13-7-8-16(14(2)11-13)20-12-17(19)18-9-10-21-15-5-3-4-6-15/h7-8,11,15H,3-6,9-10,12H2,1-2H3,(H,18,19). The van der Waals surface area contributed by atoms with Crippen LogP contribution in [-0.2, 0) is 4.79 Å². The fourth-order valence-electron chi connectivity index (χ4n) is 2.63. The number of carbonyl (C=O) groups is 1. The van der Waals surface area contributed by atoms with E-state index in [0.717, 1.165) is 28.9 Å². The molecule has 0 bridgehead atoms. The summed E-state index contributed by atoms with van der Waals surface area (Å²) in [5, 5.41) is 3.74. The van der Waals surface area contributed by atoms with Gasteiger partial charge in [0.05, 0.1) is 0 Å². The maximum atomic E-state index is 11.7. The van der Waals surface area contributed by atoms with Gasteiger partial charge < -0.3 is 10.1 Å². The van der Waals surface area contributed by atoms with Gasteiger partial charge in [0.1, 0.15) is 5.75 Å². The third-order valence-electron chi connectivity index (χ3n) is 3.77. The van der Waals surface area contributed by atoms with Crippen molar-refractivity contribution in [2.45, 2.75) is 44.8 Å². The Balaban J connectivity index is 1.60. The van der Waals surface area contributed by atoms with Crippen molar-refractivity contribution in [2.75, 3.05) is 18.9 Å².